The second-order valence-corrected chi connectivity index (χ2v) is 6.23. The zero-order valence-corrected chi connectivity index (χ0v) is 14.0. The third-order valence-electron chi connectivity index (χ3n) is 3.36. The maximum atomic E-state index is 13.8. The van der Waals surface area contributed by atoms with Crippen LogP contribution in [0.5, 0.6) is 0 Å². The highest BCUT2D eigenvalue weighted by Crippen LogP contribution is 2.29. The second-order valence-electron chi connectivity index (χ2n) is 4.91. The minimum atomic E-state index is -0.552. The van der Waals surface area contributed by atoms with Crippen LogP contribution in [-0.2, 0) is 0 Å². The predicted octanol–water partition coefficient (Wildman–Crippen LogP) is 5.79. The van der Waals surface area contributed by atoms with E-state index in [4.69, 9.17) is 11.6 Å². The van der Waals surface area contributed by atoms with Crippen LogP contribution in [0, 0.1) is 11.6 Å². The summed E-state index contributed by atoms with van der Waals surface area (Å²) in [7, 11) is 0. The highest BCUT2D eigenvalue weighted by molar-refractivity contribution is 9.10. The molecule has 112 valence electrons. The quantitative estimate of drug-likeness (QED) is 0.714. The summed E-state index contributed by atoms with van der Waals surface area (Å²) in [4.78, 5) is 0. The van der Waals surface area contributed by atoms with Crippen molar-refractivity contribution >= 4 is 27.5 Å². The van der Waals surface area contributed by atoms with Crippen molar-refractivity contribution in [3.8, 4) is 0 Å². The average molecular weight is 375 g/mol. The van der Waals surface area contributed by atoms with E-state index in [-0.39, 0.29) is 11.6 Å². The van der Waals surface area contributed by atoms with Crippen molar-refractivity contribution in [3.05, 3.63) is 68.7 Å². The number of benzene rings is 2. The highest BCUT2D eigenvalue weighted by atomic mass is 79.9. The van der Waals surface area contributed by atoms with Crippen LogP contribution in [0.15, 0.2) is 40.9 Å². The molecule has 0 bridgehead atoms. The number of halogens is 4. The Balaban J connectivity index is 2.21. The summed E-state index contributed by atoms with van der Waals surface area (Å²) in [5.74, 6) is -1.10. The van der Waals surface area contributed by atoms with Gasteiger partial charge < -0.3 is 5.32 Å². The Hall–Kier alpha value is -0.970. The van der Waals surface area contributed by atoms with Crippen LogP contribution in [0.3, 0.4) is 0 Å². The van der Waals surface area contributed by atoms with Crippen molar-refractivity contribution in [2.75, 3.05) is 0 Å². The molecule has 5 heteroatoms. The van der Waals surface area contributed by atoms with Crippen molar-refractivity contribution in [1.29, 1.82) is 0 Å². The van der Waals surface area contributed by atoms with Gasteiger partial charge in [-0.1, -0.05) is 39.7 Å². The average Bonchev–Trinajstić information content (AvgIpc) is 2.37. The van der Waals surface area contributed by atoms with E-state index in [1.165, 1.54) is 18.2 Å². The van der Waals surface area contributed by atoms with E-state index in [0.717, 1.165) is 10.0 Å². The van der Waals surface area contributed by atoms with E-state index in [1.54, 1.807) is 13.0 Å². The van der Waals surface area contributed by atoms with E-state index in [1.807, 2.05) is 19.1 Å². The molecule has 0 saturated carbocycles. The van der Waals surface area contributed by atoms with Gasteiger partial charge in [0.05, 0.1) is 0 Å². The van der Waals surface area contributed by atoms with Gasteiger partial charge >= 0.3 is 0 Å². The van der Waals surface area contributed by atoms with Crippen molar-refractivity contribution in [3.63, 3.8) is 0 Å². The number of rotatable bonds is 4. The van der Waals surface area contributed by atoms with Gasteiger partial charge in [0, 0.05) is 27.1 Å². The maximum absolute atomic E-state index is 13.8. The Kier molecular flexibility index (Phi) is 5.36. The summed E-state index contributed by atoms with van der Waals surface area (Å²) in [6, 6.07) is 8.82. The molecular weight excluding hydrogens is 360 g/mol. The van der Waals surface area contributed by atoms with E-state index in [0.29, 0.717) is 5.02 Å². The molecule has 0 aliphatic rings. The SMILES string of the molecule is CC(NC(C)c1c(F)cccc1F)c1ccc(Br)cc1Cl. The standard InChI is InChI=1S/C16H15BrClF2N/c1-9(12-7-6-11(17)8-13(12)18)21-10(2)16-14(19)4-3-5-15(16)20/h3-10,21H,1-2H3. The molecule has 2 aromatic carbocycles. The van der Waals surface area contributed by atoms with E-state index >= 15 is 0 Å². The molecule has 0 aliphatic carbocycles. The molecule has 0 amide bonds. The molecule has 0 heterocycles. The van der Waals surface area contributed by atoms with Crippen LogP contribution in [0.2, 0.25) is 5.02 Å². The first-order chi connectivity index (χ1) is 9.90. The summed E-state index contributed by atoms with van der Waals surface area (Å²) >= 11 is 9.55. The van der Waals surface area contributed by atoms with Gasteiger partial charge in [0.15, 0.2) is 0 Å². The Morgan fingerprint density at radius 3 is 2.24 bits per heavy atom. The first-order valence-electron chi connectivity index (χ1n) is 6.55. The third kappa shape index (κ3) is 3.82. The van der Waals surface area contributed by atoms with Gasteiger partial charge in [-0.05, 0) is 43.7 Å². The topological polar surface area (TPSA) is 12.0 Å². The Morgan fingerprint density at radius 2 is 1.67 bits per heavy atom. The van der Waals surface area contributed by atoms with Gasteiger partial charge in [-0.2, -0.15) is 0 Å². The van der Waals surface area contributed by atoms with Crippen molar-refractivity contribution in [1.82, 2.24) is 5.32 Å². The lowest BCUT2D eigenvalue weighted by atomic mass is 10.0. The first-order valence-corrected chi connectivity index (χ1v) is 7.72. The van der Waals surface area contributed by atoms with Gasteiger partial charge in [0.1, 0.15) is 11.6 Å². The smallest absolute Gasteiger partial charge is 0.130 e. The predicted molar refractivity (Wildman–Crippen MR) is 85.5 cm³/mol. The van der Waals surface area contributed by atoms with Crippen LogP contribution < -0.4 is 5.32 Å². The zero-order chi connectivity index (χ0) is 15.6. The van der Waals surface area contributed by atoms with Crippen molar-refractivity contribution in [2.45, 2.75) is 25.9 Å². The summed E-state index contributed by atoms with van der Waals surface area (Å²) in [6.07, 6.45) is 0. The Bertz CT molecular complexity index is 628. The van der Waals surface area contributed by atoms with Gasteiger partial charge in [-0.15, -0.1) is 0 Å². The maximum Gasteiger partial charge on any atom is 0.130 e. The van der Waals surface area contributed by atoms with Crippen LogP contribution in [0.1, 0.15) is 37.1 Å². The molecule has 1 N–H and O–H groups in total. The lowest BCUT2D eigenvalue weighted by Gasteiger charge is -2.22. The lowest BCUT2D eigenvalue weighted by molar-refractivity contribution is 0.450. The summed E-state index contributed by atoms with van der Waals surface area (Å²) in [5.41, 5.74) is 0.918. The van der Waals surface area contributed by atoms with Gasteiger partial charge in [0.2, 0.25) is 0 Å². The van der Waals surface area contributed by atoms with Crippen LogP contribution in [0.25, 0.3) is 0 Å². The number of nitrogens with one attached hydrogen (secondary N) is 1. The molecule has 21 heavy (non-hydrogen) atoms. The molecule has 2 rings (SSSR count). The van der Waals surface area contributed by atoms with E-state index < -0.39 is 17.7 Å². The van der Waals surface area contributed by atoms with Crippen LogP contribution in [0.4, 0.5) is 8.78 Å². The fraction of sp³-hybridized carbons (Fsp3) is 0.250. The zero-order valence-electron chi connectivity index (χ0n) is 11.6. The van der Waals surface area contributed by atoms with Crippen molar-refractivity contribution in [2.24, 2.45) is 0 Å². The van der Waals surface area contributed by atoms with Gasteiger partial charge in [0.25, 0.3) is 0 Å². The molecule has 0 fully saturated rings. The summed E-state index contributed by atoms with van der Waals surface area (Å²) in [6.45, 7) is 3.63. The number of hydrogen-bond donors (Lipinski definition) is 1. The van der Waals surface area contributed by atoms with Crippen LogP contribution >= 0.6 is 27.5 Å². The largest absolute Gasteiger partial charge is 0.303 e. The number of hydrogen-bond acceptors (Lipinski definition) is 1. The second kappa shape index (κ2) is 6.86. The first kappa shape index (κ1) is 16.4. The molecule has 2 unspecified atom stereocenters. The lowest BCUT2D eigenvalue weighted by Crippen LogP contribution is -2.24. The normalized spacial score (nSPS) is 14.0. The Labute approximate surface area is 136 Å². The van der Waals surface area contributed by atoms with E-state index in [2.05, 4.69) is 21.2 Å². The van der Waals surface area contributed by atoms with Gasteiger partial charge in [-0.25, -0.2) is 8.78 Å². The molecule has 2 atom stereocenters. The molecule has 0 spiro atoms. The van der Waals surface area contributed by atoms with Gasteiger partial charge in [-0.3, -0.25) is 0 Å². The molecule has 0 radical (unpaired) electrons. The monoisotopic (exact) mass is 373 g/mol. The molecule has 1 nitrogen and oxygen atoms in total. The summed E-state index contributed by atoms with van der Waals surface area (Å²) in [5, 5.41) is 3.78. The molecule has 0 aliphatic heterocycles. The van der Waals surface area contributed by atoms with Crippen LogP contribution in [-0.4, -0.2) is 0 Å². The van der Waals surface area contributed by atoms with Crippen molar-refractivity contribution < 1.29 is 8.78 Å². The minimum Gasteiger partial charge on any atom is -0.303 e. The Morgan fingerprint density at radius 1 is 1.05 bits per heavy atom. The fourth-order valence-corrected chi connectivity index (χ4v) is 3.16. The fourth-order valence-electron chi connectivity index (χ4n) is 2.33. The minimum absolute atomic E-state index is 0.0394. The van der Waals surface area contributed by atoms with E-state index in [9.17, 15) is 8.78 Å². The highest BCUT2D eigenvalue weighted by Gasteiger charge is 2.19. The molecule has 2 aromatic rings. The summed E-state index contributed by atoms with van der Waals surface area (Å²) < 4.78 is 28.4. The molecule has 0 aromatic heterocycles. The molecular formula is C16H15BrClF2N. The third-order valence-corrected chi connectivity index (χ3v) is 4.18. The molecule has 0 saturated heterocycles.